The van der Waals surface area contributed by atoms with Gasteiger partial charge in [-0.25, -0.2) is 4.98 Å². The minimum absolute atomic E-state index is 0.643. The molecule has 0 amide bonds. The molecule has 3 rings (SSSR count). The summed E-state index contributed by atoms with van der Waals surface area (Å²) in [6.45, 7) is 2.05. The fraction of sp³-hybridized carbons (Fsp3) is 0.500. The van der Waals surface area contributed by atoms with Crippen molar-refractivity contribution in [2.24, 2.45) is 5.92 Å². The highest BCUT2D eigenvalue weighted by atomic mass is 35.5. The van der Waals surface area contributed by atoms with Crippen molar-refractivity contribution in [2.45, 2.75) is 38.6 Å². The third-order valence-electron chi connectivity index (χ3n) is 4.48. The number of benzene rings is 1. The van der Waals surface area contributed by atoms with Crippen LogP contribution in [0.25, 0.3) is 10.9 Å². The highest BCUT2D eigenvalue weighted by Gasteiger charge is 2.16. The quantitative estimate of drug-likeness (QED) is 0.747. The molecule has 0 unspecified atom stereocenters. The van der Waals surface area contributed by atoms with Crippen molar-refractivity contribution < 1.29 is 0 Å². The van der Waals surface area contributed by atoms with Crippen LogP contribution in [-0.4, -0.2) is 23.5 Å². The lowest BCUT2D eigenvalue weighted by Crippen LogP contribution is -2.26. The number of rotatable bonds is 4. The van der Waals surface area contributed by atoms with Gasteiger partial charge in [-0.3, -0.25) is 0 Å². The van der Waals surface area contributed by atoms with Gasteiger partial charge >= 0.3 is 0 Å². The molecule has 2 nitrogen and oxygen atoms in total. The van der Waals surface area contributed by atoms with Gasteiger partial charge in [-0.1, -0.05) is 49.1 Å². The van der Waals surface area contributed by atoms with E-state index in [1.165, 1.54) is 44.0 Å². The molecule has 1 aromatic carbocycles. The normalized spacial score (nSPS) is 16.7. The van der Waals surface area contributed by atoms with E-state index in [-0.39, 0.29) is 0 Å². The number of nitrogens with zero attached hydrogens (tertiary/aromatic N) is 2. The van der Waals surface area contributed by atoms with Crippen molar-refractivity contribution in [1.82, 2.24) is 9.88 Å². The van der Waals surface area contributed by atoms with E-state index in [0.29, 0.717) is 5.15 Å². The highest BCUT2D eigenvalue weighted by molar-refractivity contribution is 6.30. The molecule has 1 heterocycles. The van der Waals surface area contributed by atoms with Crippen molar-refractivity contribution >= 4 is 22.5 Å². The molecule has 0 N–H and O–H groups in total. The van der Waals surface area contributed by atoms with Crippen molar-refractivity contribution in [1.29, 1.82) is 0 Å². The van der Waals surface area contributed by atoms with Gasteiger partial charge < -0.3 is 4.90 Å². The Labute approximate surface area is 132 Å². The van der Waals surface area contributed by atoms with Crippen LogP contribution in [0.2, 0.25) is 5.15 Å². The molecular formula is C18H23ClN2. The predicted octanol–water partition coefficient (Wildman–Crippen LogP) is 4.90. The lowest BCUT2D eigenvalue weighted by molar-refractivity contribution is 0.228. The molecule has 0 bridgehead atoms. The van der Waals surface area contributed by atoms with Gasteiger partial charge in [0.1, 0.15) is 5.15 Å². The molecule has 1 fully saturated rings. The molecule has 0 spiro atoms. The second-order valence-electron chi connectivity index (χ2n) is 6.33. The first-order chi connectivity index (χ1) is 10.2. The van der Waals surface area contributed by atoms with Crippen LogP contribution in [0.5, 0.6) is 0 Å². The van der Waals surface area contributed by atoms with Gasteiger partial charge in [-0.05, 0) is 37.9 Å². The minimum atomic E-state index is 0.643. The Morgan fingerprint density at radius 3 is 2.76 bits per heavy atom. The van der Waals surface area contributed by atoms with E-state index >= 15 is 0 Å². The highest BCUT2D eigenvalue weighted by Crippen LogP contribution is 2.26. The SMILES string of the molecule is CN(Cc1cc2ccccc2nc1Cl)CC1CCCCC1. The maximum absolute atomic E-state index is 6.35. The van der Waals surface area contributed by atoms with E-state index in [1.807, 2.05) is 18.2 Å². The molecule has 0 saturated heterocycles. The van der Waals surface area contributed by atoms with Crippen molar-refractivity contribution in [3.63, 3.8) is 0 Å². The van der Waals surface area contributed by atoms with Gasteiger partial charge in [0.05, 0.1) is 5.52 Å². The summed E-state index contributed by atoms with van der Waals surface area (Å²) in [6.07, 6.45) is 6.98. The summed E-state index contributed by atoms with van der Waals surface area (Å²) in [5, 5.41) is 1.81. The molecule has 21 heavy (non-hydrogen) atoms. The average Bonchev–Trinajstić information content (AvgIpc) is 2.49. The maximum Gasteiger partial charge on any atom is 0.134 e. The van der Waals surface area contributed by atoms with Crippen LogP contribution in [0.4, 0.5) is 0 Å². The second-order valence-corrected chi connectivity index (χ2v) is 6.69. The Bertz CT molecular complexity index is 605. The molecule has 1 aliphatic rings. The zero-order valence-corrected chi connectivity index (χ0v) is 13.4. The van der Waals surface area contributed by atoms with Crippen LogP contribution in [0.1, 0.15) is 37.7 Å². The molecule has 0 aliphatic heterocycles. The average molecular weight is 303 g/mol. The van der Waals surface area contributed by atoms with Crippen LogP contribution in [-0.2, 0) is 6.54 Å². The first kappa shape index (κ1) is 14.8. The Kier molecular flexibility index (Phi) is 4.77. The van der Waals surface area contributed by atoms with Crippen molar-refractivity contribution in [3.8, 4) is 0 Å². The predicted molar refractivity (Wildman–Crippen MR) is 89.7 cm³/mol. The summed E-state index contributed by atoms with van der Waals surface area (Å²) in [5.74, 6) is 0.857. The molecule has 112 valence electrons. The number of para-hydroxylation sites is 1. The number of aromatic nitrogens is 1. The van der Waals surface area contributed by atoms with Crippen LogP contribution < -0.4 is 0 Å². The molecular weight excluding hydrogens is 280 g/mol. The van der Waals surface area contributed by atoms with Gasteiger partial charge in [0.2, 0.25) is 0 Å². The molecule has 3 heteroatoms. The van der Waals surface area contributed by atoms with Gasteiger partial charge in [-0.15, -0.1) is 0 Å². The van der Waals surface area contributed by atoms with E-state index in [4.69, 9.17) is 11.6 Å². The Hall–Kier alpha value is -1.12. The molecule has 2 aromatic rings. The largest absolute Gasteiger partial charge is 0.302 e. The second kappa shape index (κ2) is 6.76. The minimum Gasteiger partial charge on any atom is -0.302 e. The van der Waals surface area contributed by atoms with Crippen LogP contribution in [0.3, 0.4) is 0 Å². The zero-order valence-electron chi connectivity index (χ0n) is 12.7. The lowest BCUT2D eigenvalue weighted by atomic mass is 9.89. The maximum atomic E-state index is 6.35. The van der Waals surface area contributed by atoms with Crippen molar-refractivity contribution in [3.05, 3.63) is 41.0 Å². The lowest BCUT2D eigenvalue weighted by Gasteiger charge is -2.27. The van der Waals surface area contributed by atoms with E-state index in [0.717, 1.165) is 23.5 Å². The fourth-order valence-electron chi connectivity index (χ4n) is 3.41. The van der Waals surface area contributed by atoms with E-state index < -0.39 is 0 Å². The molecule has 1 aromatic heterocycles. The number of hydrogen-bond acceptors (Lipinski definition) is 2. The van der Waals surface area contributed by atoms with Crippen LogP contribution in [0.15, 0.2) is 30.3 Å². The summed E-state index contributed by atoms with van der Waals surface area (Å²) < 4.78 is 0. The van der Waals surface area contributed by atoms with Gasteiger partial charge in [-0.2, -0.15) is 0 Å². The summed E-state index contributed by atoms with van der Waals surface area (Å²) >= 11 is 6.35. The topological polar surface area (TPSA) is 16.1 Å². The number of halogens is 1. The monoisotopic (exact) mass is 302 g/mol. The van der Waals surface area contributed by atoms with Crippen LogP contribution >= 0.6 is 11.6 Å². The fourth-order valence-corrected chi connectivity index (χ4v) is 3.62. The molecule has 0 radical (unpaired) electrons. The van der Waals surface area contributed by atoms with Gasteiger partial charge in [0.15, 0.2) is 0 Å². The first-order valence-corrected chi connectivity index (χ1v) is 8.33. The van der Waals surface area contributed by atoms with Crippen molar-refractivity contribution in [2.75, 3.05) is 13.6 Å². The van der Waals surface area contributed by atoms with E-state index in [2.05, 4.69) is 29.1 Å². The standard InChI is InChI=1S/C18H23ClN2/c1-21(12-14-7-3-2-4-8-14)13-16-11-15-9-5-6-10-17(15)20-18(16)19/h5-6,9-11,14H,2-4,7-8,12-13H2,1H3. The molecule has 1 saturated carbocycles. The van der Waals surface area contributed by atoms with E-state index in [9.17, 15) is 0 Å². The number of hydrogen-bond donors (Lipinski definition) is 0. The first-order valence-electron chi connectivity index (χ1n) is 7.95. The third kappa shape index (κ3) is 3.75. The van der Waals surface area contributed by atoms with Crippen LogP contribution in [0, 0.1) is 5.92 Å². The molecule has 1 aliphatic carbocycles. The van der Waals surface area contributed by atoms with Gasteiger partial charge in [0, 0.05) is 24.0 Å². The summed E-state index contributed by atoms with van der Waals surface area (Å²) in [7, 11) is 2.19. The Morgan fingerprint density at radius 2 is 1.95 bits per heavy atom. The smallest absolute Gasteiger partial charge is 0.134 e. The summed E-state index contributed by atoms with van der Waals surface area (Å²) in [6, 6.07) is 10.3. The summed E-state index contributed by atoms with van der Waals surface area (Å²) in [4.78, 5) is 6.91. The number of fused-ring (bicyclic) bond motifs is 1. The Morgan fingerprint density at radius 1 is 1.19 bits per heavy atom. The van der Waals surface area contributed by atoms with Gasteiger partial charge in [0.25, 0.3) is 0 Å². The summed E-state index contributed by atoms with van der Waals surface area (Å²) in [5.41, 5.74) is 2.11. The number of pyridine rings is 1. The molecule has 0 atom stereocenters. The zero-order chi connectivity index (χ0) is 14.7. The van der Waals surface area contributed by atoms with E-state index in [1.54, 1.807) is 0 Å². The third-order valence-corrected chi connectivity index (χ3v) is 4.81. The Balaban J connectivity index is 1.70.